The van der Waals surface area contributed by atoms with Crippen molar-refractivity contribution in [3.63, 3.8) is 0 Å². The van der Waals surface area contributed by atoms with Gasteiger partial charge < -0.3 is 15.1 Å². The molecule has 9 heteroatoms. The highest BCUT2D eigenvalue weighted by atomic mass is 35.5. The Hall–Kier alpha value is -1.77. The second-order valence-electron chi connectivity index (χ2n) is 6.77. The van der Waals surface area contributed by atoms with Crippen molar-refractivity contribution in [1.82, 2.24) is 15.2 Å². The minimum Gasteiger partial charge on any atom is -0.346 e. The summed E-state index contributed by atoms with van der Waals surface area (Å²) >= 11 is 9.42. The predicted molar refractivity (Wildman–Crippen MR) is 121 cm³/mol. The molecule has 0 saturated carbocycles. The number of nitrogens with one attached hydrogen (secondary N) is 1. The number of thioether (sulfide) groups is 1. The molecule has 1 aromatic carbocycles. The minimum atomic E-state index is -0.558. The number of anilines is 1. The van der Waals surface area contributed by atoms with Gasteiger partial charge in [0.1, 0.15) is 6.04 Å². The van der Waals surface area contributed by atoms with Crippen LogP contribution in [-0.4, -0.2) is 65.9 Å². The summed E-state index contributed by atoms with van der Waals surface area (Å²) in [5, 5.41) is 6.25. The van der Waals surface area contributed by atoms with Gasteiger partial charge in [-0.05, 0) is 37.0 Å². The van der Waals surface area contributed by atoms with Crippen LogP contribution in [0.1, 0.15) is 23.2 Å². The van der Waals surface area contributed by atoms with Gasteiger partial charge in [-0.25, -0.2) is 4.98 Å². The first-order valence-electron chi connectivity index (χ1n) is 9.57. The Morgan fingerprint density at radius 2 is 2.10 bits per heavy atom. The van der Waals surface area contributed by atoms with Crippen molar-refractivity contribution in [1.29, 1.82) is 0 Å². The highest BCUT2D eigenvalue weighted by molar-refractivity contribution is 7.98. The smallest absolute Gasteiger partial charge is 0.253 e. The van der Waals surface area contributed by atoms with Gasteiger partial charge in [0.25, 0.3) is 5.91 Å². The first-order valence-corrected chi connectivity index (χ1v) is 12.2. The van der Waals surface area contributed by atoms with Crippen molar-refractivity contribution >= 4 is 51.6 Å². The molecule has 1 aliphatic heterocycles. The van der Waals surface area contributed by atoms with Crippen molar-refractivity contribution in [3.8, 4) is 0 Å². The normalized spacial score (nSPS) is 15.7. The van der Waals surface area contributed by atoms with Crippen LogP contribution in [0.25, 0.3) is 0 Å². The monoisotopic (exact) mass is 452 g/mol. The third kappa shape index (κ3) is 5.87. The second kappa shape index (κ2) is 10.8. The fourth-order valence-electron chi connectivity index (χ4n) is 3.30. The molecule has 1 saturated heterocycles. The van der Waals surface area contributed by atoms with E-state index in [1.807, 2.05) is 16.5 Å². The van der Waals surface area contributed by atoms with Gasteiger partial charge in [0, 0.05) is 37.8 Å². The Balaban J connectivity index is 1.66. The largest absolute Gasteiger partial charge is 0.346 e. The number of benzene rings is 1. The van der Waals surface area contributed by atoms with Crippen molar-refractivity contribution in [2.75, 3.05) is 43.1 Å². The Bertz CT molecular complexity index is 819. The predicted octanol–water partition coefficient (Wildman–Crippen LogP) is 3.39. The van der Waals surface area contributed by atoms with E-state index in [9.17, 15) is 9.59 Å². The zero-order valence-corrected chi connectivity index (χ0v) is 18.7. The van der Waals surface area contributed by atoms with Gasteiger partial charge in [0.05, 0.1) is 10.6 Å². The first kappa shape index (κ1) is 21.9. The van der Waals surface area contributed by atoms with E-state index in [4.69, 9.17) is 11.6 Å². The minimum absolute atomic E-state index is 0.0274. The average Bonchev–Trinajstić information content (AvgIpc) is 3.15. The summed E-state index contributed by atoms with van der Waals surface area (Å²) in [6.07, 6.45) is 5.26. The van der Waals surface area contributed by atoms with Crippen molar-refractivity contribution in [2.45, 2.75) is 18.9 Å². The van der Waals surface area contributed by atoms with E-state index in [1.165, 1.54) is 0 Å². The van der Waals surface area contributed by atoms with Crippen LogP contribution in [0.5, 0.6) is 0 Å². The third-order valence-electron chi connectivity index (χ3n) is 4.83. The van der Waals surface area contributed by atoms with Crippen LogP contribution in [0.15, 0.2) is 35.8 Å². The van der Waals surface area contributed by atoms with Gasteiger partial charge in [0.15, 0.2) is 5.13 Å². The molecule has 0 radical (unpaired) electrons. The molecule has 1 aromatic heterocycles. The van der Waals surface area contributed by atoms with Crippen LogP contribution in [-0.2, 0) is 4.79 Å². The number of carbonyl (C=O) groups is 2. The van der Waals surface area contributed by atoms with Crippen LogP contribution in [0.2, 0.25) is 5.02 Å². The molecular formula is C20H25ClN4O2S2. The molecule has 0 spiro atoms. The lowest BCUT2D eigenvalue weighted by atomic mass is 10.1. The number of halogens is 1. The Morgan fingerprint density at radius 1 is 1.28 bits per heavy atom. The molecule has 0 aliphatic carbocycles. The van der Waals surface area contributed by atoms with Gasteiger partial charge in [0.2, 0.25) is 5.91 Å². The molecule has 1 fully saturated rings. The number of hydrogen-bond donors (Lipinski definition) is 1. The van der Waals surface area contributed by atoms with E-state index in [2.05, 4.69) is 15.2 Å². The summed E-state index contributed by atoms with van der Waals surface area (Å²) in [7, 11) is 0. The molecule has 29 heavy (non-hydrogen) atoms. The molecule has 2 aromatic rings. The van der Waals surface area contributed by atoms with Crippen LogP contribution in [0.4, 0.5) is 5.13 Å². The van der Waals surface area contributed by atoms with E-state index in [0.717, 1.165) is 30.4 Å². The maximum Gasteiger partial charge on any atom is 0.253 e. The molecule has 1 N–H and O–H groups in total. The van der Waals surface area contributed by atoms with Gasteiger partial charge in [-0.15, -0.1) is 11.3 Å². The summed E-state index contributed by atoms with van der Waals surface area (Å²) < 4.78 is 0. The summed E-state index contributed by atoms with van der Waals surface area (Å²) in [5.74, 6) is 0.452. The lowest BCUT2D eigenvalue weighted by Gasteiger charge is -2.27. The van der Waals surface area contributed by atoms with Crippen molar-refractivity contribution < 1.29 is 9.59 Å². The SMILES string of the molecule is CSCCC(NC(=O)c1ccccc1Cl)C(=O)N1CCCN(c2nccs2)CC1. The topological polar surface area (TPSA) is 65.5 Å². The van der Waals surface area contributed by atoms with Crippen LogP contribution >= 0.6 is 34.7 Å². The summed E-state index contributed by atoms with van der Waals surface area (Å²) in [6, 6.07) is 6.34. The quantitative estimate of drug-likeness (QED) is 0.697. The number of amides is 2. The van der Waals surface area contributed by atoms with Crippen molar-refractivity contribution in [3.05, 3.63) is 46.4 Å². The van der Waals surface area contributed by atoms with Gasteiger partial charge >= 0.3 is 0 Å². The van der Waals surface area contributed by atoms with Gasteiger partial charge in [-0.2, -0.15) is 11.8 Å². The molecule has 1 atom stereocenters. The summed E-state index contributed by atoms with van der Waals surface area (Å²) in [5.41, 5.74) is 0.391. The maximum atomic E-state index is 13.2. The first-order chi connectivity index (χ1) is 14.1. The van der Waals surface area contributed by atoms with E-state index in [-0.39, 0.29) is 11.8 Å². The molecular weight excluding hydrogens is 428 g/mol. The number of rotatable bonds is 7. The zero-order chi connectivity index (χ0) is 20.6. The van der Waals surface area contributed by atoms with E-state index < -0.39 is 6.04 Å². The van der Waals surface area contributed by atoms with E-state index in [0.29, 0.717) is 30.1 Å². The van der Waals surface area contributed by atoms with E-state index >= 15 is 0 Å². The number of hydrogen-bond acceptors (Lipinski definition) is 6. The molecule has 6 nitrogen and oxygen atoms in total. The fraction of sp³-hybridized carbons (Fsp3) is 0.450. The van der Waals surface area contributed by atoms with Crippen LogP contribution < -0.4 is 10.2 Å². The number of thiazole rings is 1. The molecule has 3 rings (SSSR count). The van der Waals surface area contributed by atoms with E-state index in [1.54, 1.807) is 53.6 Å². The molecule has 156 valence electrons. The second-order valence-corrected chi connectivity index (χ2v) is 9.03. The fourth-order valence-corrected chi connectivity index (χ4v) is 4.69. The van der Waals surface area contributed by atoms with Crippen molar-refractivity contribution in [2.24, 2.45) is 0 Å². The lowest BCUT2D eigenvalue weighted by Crippen LogP contribution is -2.49. The van der Waals surface area contributed by atoms with Crippen LogP contribution in [0, 0.1) is 0 Å². The molecule has 0 bridgehead atoms. The maximum absolute atomic E-state index is 13.2. The zero-order valence-electron chi connectivity index (χ0n) is 16.3. The number of carbonyl (C=O) groups excluding carboxylic acids is 2. The standard InChI is InChI=1S/C20H25ClN4O2S2/c1-28-13-7-17(23-18(26)15-5-2-3-6-16(15)21)19(27)24-9-4-10-25(12-11-24)20-22-8-14-29-20/h2-3,5-6,8,14,17H,4,7,9-13H2,1H3,(H,23,26). The van der Waals surface area contributed by atoms with Gasteiger partial charge in [-0.1, -0.05) is 23.7 Å². The Labute approximate surface area is 184 Å². The Kier molecular flexibility index (Phi) is 8.20. The van der Waals surface area contributed by atoms with Gasteiger partial charge in [-0.3, -0.25) is 9.59 Å². The summed E-state index contributed by atoms with van der Waals surface area (Å²) in [4.78, 5) is 34.4. The Morgan fingerprint density at radius 3 is 2.83 bits per heavy atom. The molecule has 1 unspecified atom stereocenters. The highest BCUT2D eigenvalue weighted by Gasteiger charge is 2.28. The lowest BCUT2D eigenvalue weighted by molar-refractivity contribution is -0.133. The molecule has 2 amide bonds. The number of nitrogens with zero attached hydrogens (tertiary/aromatic N) is 3. The molecule has 2 heterocycles. The van der Waals surface area contributed by atoms with Crippen LogP contribution in [0.3, 0.4) is 0 Å². The summed E-state index contributed by atoms with van der Waals surface area (Å²) in [6.45, 7) is 2.92. The average molecular weight is 453 g/mol. The number of aromatic nitrogens is 1. The highest BCUT2D eigenvalue weighted by Crippen LogP contribution is 2.20. The third-order valence-corrected chi connectivity index (χ3v) is 6.64. The molecule has 1 aliphatic rings.